The van der Waals surface area contributed by atoms with Crippen molar-refractivity contribution in [1.29, 1.82) is 5.26 Å². The second-order valence-electron chi connectivity index (χ2n) is 5.86. The summed E-state index contributed by atoms with van der Waals surface area (Å²) in [7, 11) is -0.847. The van der Waals surface area contributed by atoms with Crippen molar-refractivity contribution in [2.75, 3.05) is 14.1 Å². The molecule has 0 spiro atoms. The van der Waals surface area contributed by atoms with Crippen LogP contribution in [0.1, 0.15) is 34.5 Å². The van der Waals surface area contributed by atoms with Gasteiger partial charge in [0.25, 0.3) is 5.91 Å². The van der Waals surface area contributed by atoms with Gasteiger partial charge >= 0.3 is 0 Å². The minimum absolute atomic E-state index is 0.0110. The highest BCUT2D eigenvalue weighted by Gasteiger charge is 2.21. The summed E-state index contributed by atoms with van der Waals surface area (Å²) < 4.78 is 25.6. The lowest BCUT2D eigenvalue weighted by Crippen LogP contribution is -2.28. The molecule has 0 aliphatic carbocycles. The molecule has 0 aliphatic heterocycles. The molecule has 0 saturated carbocycles. The van der Waals surface area contributed by atoms with E-state index in [0.29, 0.717) is 5.56 Å². The Hall–Kier alpha value is -2.40. The molecule has 1 N–H and O–H groups in total. The molecule has 0 aliphatic rings. The van der Waals surface area contributed by atoms with Crippen molar-refractivity contribution in [2.45, 2.75) is 17.9 Å². The molecule has 1 unspecified atom stereocenters. The van der Waals surface area contributed by atoms with E-state index in [1.54, 1.807) is 31.2 Å². The molecule has 6 nitrogen and oxygen atoms in total. The van der Waals surface area contributed by atoms with Crippen LogP contribution in [0.3, 0.4) is 0 Å². The van der Waals surface area contributed by atoms with Crippen LogP contribution in [0.25, 0.3) is 0 Å². The number of rotatable bonds is 5. The van der Waals surface area contributed by atoms with Crippen LogP contribution < -0.4 is 5.32 Å². The van der Waals surface area contributed by atoms with Gasteiger partial charge < -0.3 is 5.32 Å². The highest BCUT2D eigenvalue weighted by Crippen LogP contribution is 2.23. The lowest BCUT2D eigenvalue weighted by Gasteiger charge is -2.16. The molecule has 8 heteroatoms. The summed E-state index contributed by atoms with van der Waals surface area (Å²) in [4.78, 5) is 12.6. The van der Waals surface area contributed by atoms with E-state index in [2.05, 4.69) is 5.32 Å². The Morgan fingerprint density at radius 3 is 2.35 bits per heavy atom. The first-order valence-corrected chi connectivity index (χ1v) is 9.51. The van der Waals surface area contributed by atoms with Crippen molar-refractivity contribution in [1.82, 2.24) is 9.62 Å². The lowest BCUT2D eigenvalue weighted by atomic mass is 10.1. The fourth-order valence-electron chi connectivity index (χ4n) is 2.25. The van der Waals surface area contributed by atoms with Crippen molar-refractivity contribution >= 4 is 27.5 Å². The minimum atomic E-state index is -3.67. The van der Waals surface area contributed by atoms with E-state index in [1.807, 2.05) is 6.07 Å². The number of carbonyl (C=O) groups excluding carboxylic acids is 1. The molecule has 26 heavy (non-hydrogen) atoms. The third-order valence-electron chi connectivity index (χ3n) is 3.85. The Kier molecular flexibility index (Phi) is 6.03. The Bertz CT molecular complexity index is 964. The summed E-state index contributed by atoms with van der Waals surface area (Å²) in [6.07, 6.45) is 0. The van der Waals surface area contributed by atoms with Crippen molar-refractivity contribution in [3.8, 4) is 6.07 Å². The average Bonchev–Trinajstić information content (AvgIpc) is 2.61. The molecule has 2 rings (SSSR count). The molecule has 0 fully saturated rings. The van der Waals surface area contributed by atoms with Crippen molar-refractivity contribution < 1.29 is 13.2 Å². The zero-order chi connectivity index (χ0) is 19.5. The second-order valence-corrected chi connectivity index (χ2v) is 8.42. The summed E-state index contributed by atoms with van der Waals surface area (Å²) in [5.74, 6) is -0.484. The van der Waals surface area contributed by atoms with Crippen molar-refractivity contribution in [3.05, 3.63) is 64.2 Å². The zero-order valence-corrected chi connectivity index (χ0v) is 16.1. The molecule has 2 aromatic rings. The maximum absolute atomic E-state index is 12.6. The van der Waals surface area contributed by atoms with Gasteiger partial charge in [-0.25, -0.2) is 12.7 Å². The van der Waals surface area contributed by atoms with Gasteiger partial charge in [-0.3, -0.25) is 4.79 Å². The molecule has 0 saturated heterocycles. The van der Waals surface area contributed by atoms with E-state index in [-0.39, 0.29) is 21.5 Å². The van der Waals surface area contributed by atoms with E-state index in [9.17, 15) is 13.2 Å². The van der Waals surface area contributed by atoms with E-state index in [4.69, 9.17) is 16.9 Å². The van der Waals surface area contributed by atoms with Crippen LogP contribution in [-0.4, -0.2) is 32.7 Å². The molecule has 0 bridgehead atoms. The van der Waals surface area contributed by atoms with Crippen LogP contribution in [-0.2, 0) is 10.0 Å². The van der Waals surface area contributed by atoms with E-state index < -0.39 is 15.9 Å². The number of benzene rings is 2. The van der Waals surface area contributed by atoms with Gasteiger partial charge in [-0.2, -0.15) is 5.26 Å². The summed E-state index contributed by atoms with van der Waals surface area (Å²) in [6, 6.07) is 12.5. The minimum Gasteiger partial charge on any atom is -0.345 e. The van der Waals surface area contributed by atoms with Gasteiger partial charge in [0.15, 0.2) is 0 Å². The van der Waals surface area contributed by atoms with Gasteiger partial charge in [0, 0.05) is 14.1 Å². The number of halogens is 1. The molecular formula is C18H18ClN3O3S. The van der Waals surface area contributed by atoms with Crippen LogP contribution in [0.15, 0.2) is 47.4 Å². The number of amides is 1. The summed E-state index contributed by atoms with van der Waals surface area (Å²) in [6.45, 7) is 1.79. The molecule has 2 aromatic carbocycles. The maximum atomic E-state index is 12.6. The van der Waals surface area contributed by atoms with Gasteiger partial charge in [0.2, 0.25) is 10.0 Å². The Morgan fingerprint density at radius 2 is 1.81 bits per heavy atom. The molecule has 0 radical (unpaired) electrons. The van der Waals surface area contributed by atoms with Crippen LogP contribution in [0, 0.1) is 11.3 Å². The fraction of sp³-hybridized carbons (Fsp3) is 0.222. The predicted molar refractivity (Wildman–Crippen MR) is 99.4 cm³/mol. The predicted octanol–water partition coefficient (Wildman–Crippen LogP) is 2.95. The number of hydrogen-bond acceptors (Lipinski definition) is 4. The average molecular weight is 392 g/mol. The van der Waals surface area contributed by atoms with Gasteiger partial charge in [0.1, 0.15) is 0 Å². The SMILES string of the molecule is CC(NC(=O)c1cc(S(=O)(=O)N(C)C)ccc1Cl)c1ccc(C#N)cc1. The van der Waals surface area contributed by atoms with Gasteiger partial charge in [-0.15, -0.1) is 0 Å². The molecule has 136 valence electrons. The van der Waals surface area contributed by atoms with Crippen LogP contribution in [0.5, 0.6) is 0 Å². The lowest BCUT2D eigenvalue weighted by molar-refractivity contribution is 0.0940. The summed E-state index contributed by atoms with van der Waals surface area (Å²) in [5, 5.41) is 11.8. The van der Waals surface area contributed by atoms with Crippen LogP contribution in [0.2, 0.25) is 5.02 Å². The highest BCUT2D eigenvalue weighted by molar-refractivity contribution is 7.89. The maximum Gasteiger partial charge on any atom is 0.253 e. The molecule has 0 heterocycles. The highest BCUT2D eigenvalue weighted by atomic mass is 35.5. The van der Waals surface area contributed by atoms with E-state index in [1.165, 1.54) is 32.3 Å². The van der Waals surface area contributed by atoms with E-state index >= 15 is 0 Å². The smallest absolute Gasteiger partial charge is 0.253 e. The first-order chi connectivity index (χ1) is 12.2. The topological polar surface area (TPSA) is 90.3 Å². The Balaban J connectivity index is 2.27. The number of nitrogens with one attached hydrogen (secondary N) is 1. The Labute approximate surface area is 158 Å². The quantitative estimate of drug-likeness (QED) is 0.848. The number of nitriles is 1. The number of carbonyl (C=O) groups is 1. The third-order valence-corrected chi connectivity index (χ3v) is 5.99. The summed E-state index contributed by atoms with van der Waals surface area (Å²) >= 11 is 6.08. The first-order valence-electron chi connectivity index (χ1n) is 7.70. The van der Waals surface area contributed by atoms with Crippen molar-refractivity contribution in [2.24, 2.45) is 0 Å². The molecule has 1 amide bonds. The van der Waals surface area contributed by atoms with Gasteiger partial charge in [-0.1, -0.05) is 23.7 Å². The first kappa shape index (κ1) is 19.9. The van der Waals surface area contributed by atoms with Gasteiger partial charge in [0.05, 0.1) is 33.2 Å². The monoisotopic (exact) mass is 391 g/mol. The normalized spacial score (nSPS) is 12.5. The number of nitrogens with zero attached hydrogens (tertiary/aromatic N) is 2. The number of hydrogen-bond donors (Lipinski definition) is 1. The molecule has 0 aromatic heterocycles. The fourth-order valence-corrected chi connectivity index (χ4v) is 3.39. The standard InChI is InChI=1S/C18H18ClN3O3S/c1-12(14-6-4-13(11-20)5-7-14)21-18(23)16-10-15(8-9-17(16)19)26(24,25)22(2)3/h4-10,12H,1-3H3,(H,21,23). The summed E-state index contributed by atoms with van der Waals surface area (Å²) in [5.41, 5.74) is 1.41. The Morgan fingerprint density at radius 1 is 1.19 bits per heavy atom. The van der Waals surface area contributed by atoms with Crippen molar-refractivity contribution in [3.63, 3.8) is 0 Å². The number of sulfonamides is 1. The third kappa shape index (κ3) is 4.22. The van der Waals surface area contributed by atoms with Crippen LogP contribution in [0.4, 0.5) is 0 Å². The largest absolute Gasteiger partial charge is 0.345 e. The second kappa shape index (κ2) is 7.87. The molecule has 1 atom stereocenters. The molecular weight excluding hydrogens is 374 g/mol. The van der Waals surface area contributed by atoms with Gasteiger partial charge in [-0.05, 0) is 42.8 Å². The van der Waals surface area contributed by atoms with Crippen LogP contribution >= 0.6 is 11.6 Å². The van der Waals surface area contributed by atoms with E-state index in [0.717, 1.165) is 9.87 Å². The zero-order valence-electron chi connectivity index (χ0n) is 14.5.